The Balaban J connectivity index is 2.08. The molecular weight excluding hydrogens is 290 g/mol. The second kappa shape index (κ2) is 6.97. The van der Waals surface area contributed by atoms with Crippen LogP contribution in [0, 0.1) is 32.1 Å². The molecule has 0 aromatic heterocycles. The van der Waals surface area contributed by atoms with Gasteiger partial charge in [0.05, 0.1) is 11.6 Å². The number of rotatable bonds is 4. The summed E-state index contributed by atoms with van der Waals surface area (Å²) in [7, 11) is 0. The lowest BCUT2D eigenvalue weighted by atomic mass is 10.1. The molecule has 0 aliphatic carbocycles. The van der Waals surface area contributed by atoms with Crippen molar-refractivity contribution in [1.29, 1.82) is 5.26 Å². The van der Waals surface area contributed by atoms with E-state index in [-0.39, 0.29) is 0 Å². The fraction of sp³-hybridized carbons (Fsp3) is 0.263. The molecule has 0 aliphatic rings. The molecule has 0 saturated heterocycles. The van der Waals surface area contributed by atoms with Crippen LogP contribution in [0.25, 0.3) is 0 Å². The SMILES string of the molecule is Cc1ccc(C)c(OC(=O)C(C)Oc2ccc(C#N)cc2)c1C. The Bertz CT molecular complexity index is 757. The molecule has 0 aliphatic heterocycles. The van der Waals surface area contributed by atoms with Crippen LogP contribution in [0.15, 0.2) is 36.4 Å². The summed E-state index contributed by atoms with van der Waals surface area (Å²) in [5, 5.41) is 8.77. The van der Waals surface area contributed by atoms with E-state index in [9.17, 15) is 4.79 Å². The summed E-state index contributed by atoms with van der Waals surface area (Å²) >= 11 is 0. The molecule has 2 aromatic carbocycles. The van der Waals surface area contributed by atoms with Crippen molar-refractivity contribution >= 4 is 5.97 Å². The van der Waals surface area contributed by atoms with Gasteiger partial charge in [-0.15, -0.1) is 0 Å². The van der Waals surface area contributed by atoms with Crippen molar-refractivity contribution in [3.63, 3.8) is 0 Å². The Kier molecular flexibility index (Phi) is 5.02. The third kappa shape index (κ3) is 3.89. The molecule has 0 spiro atoms. The molecule has 0 bridgehead atoms. The zero-order chi connectivity index (χ0) is 17.0. The second-order valence-electron chi connectivity index (χ2n) is 5.47. The average molecular weight is 309 g/mol. The highest BCUT2D eigenvalue weighted by Crippen LogP contribution is 2.26. The third-order valence-corrected chi connectivity index (χ3v) is 3.70. The molecule has 0 N–H and O–H groups in total. The Labute approximate surface area is 136 Å². The summed E-state index contributed by atoms with van der Waals surface area (Å²) in [4.78, 5) is 12.3. The number of nitrogens with zero attached hydrogens (tertiary/aromatic N) is 1. The second-order valence-corrected chi connectivity index (χ2v) is 5.47. The maximum atomic E-state index is 12.3. The van der Waals surface area contributed by atoms with Crippen molar-refractivity contribution < 1.29 is 14.3 Å². The first kappa shape index (κ1) is 16.6. The van der Waals surface area contributed by atoms with Crippen LogP contribution in [-0.4, -0.2) is 12.1 Å². The van der Waals surface area contributed by atoms with Crippen LogP contribution in [0.1, 0.15) is 29.2 Å². The van der Waals surface area contributed by atoms with Crippen molar-refractivity contribution in [2.75, 3.05) is 0 Å². The first-order valence-corrected chi connectivity index (χ1v) is 7.37. The number of esters is 1. The highest BCUT2D eigenvalue weighted by Gasteiger charge is 2.19. The molecule has 0 radical (unpaired) electrons. The van der Waals surface area contributed by atoms with E-state index in [2.05, 4.69) is 0 Å². The predicted octanol–water partition coefficient (Wildman–Crippen LogP) is 3.86. The maximum absolute atomic E-state index is 12.3. The summed E-state index contributed by atoms with van der Waals surface area (Å²) < 4.78 is 11.1. The van der Waals surface area contributed by atoms with Gasteiger partial charge >= 0.3 is 5.97 Å². The average Bonchev–Trinajstić information content (AvgIpc) is 2.55. The normalized spacial score (nSPS) is 11.4. The number of benzene rings is 2. The van der Waals surface area contributed by atoms with Crippen LogP contribution < -0.4 is 9.47 Å². The van der Waals surface area contributed by atoms with Gasteiger partial charge in [-0.05, 0) is 68.7 Å². The Hall–Kier alpha value is -2.80. The van der Waals surface area contributed by atoms with Crippen LogP contribution >= 0.6 is 0 Å². The zero-order valence-corrected chi connectivity index (χ0v) is 13.7. The lowest BCUT2D eigenvalue weighted by Gasteiger charge is -2.17. The smallest absolute Gasteiger partial charge is 0.352 e. The fourth-order valence-electron chi connectivity index (χ4n) is 2.13. The van der Waals surface area contributed by atoms with E-state index in [0.717, 1.165) is 16.7 Å². The number of aryl methyl sites for hydroxylation is 2. The summed E-state index contributed by atoms with van der Waals surface area (Å²) in [6, 6.07) is 12.6. The summed E-state index contributed by atoms with van der Waals surface area (Å²) in [6.07, 6.45) is -0.748. The molecule has 23 heavy (non-hydrogen) atoms. The molecule has 2 rings (SSSR count). The van der Waals surface area contributed by atoms with Gasteiger partial charge in [-0.25, -0.2) is 4.79 Å². The van der Waals surface area contributed by atoms with Crippen molar-refractivity contribution in [2.45, 2.75) is 33.8 Å². The molecule has 4 heteroatoms. The maximum Gasteiger partial charge on any atom is 0.352 e. The van der Waals surface area contributed by atoms with Crippen molar-refractivity contribution in [2.24, 2.45) is 0 Å². The molecule has 0 saturated carbocycles. The van der Waals surface area contributed by atoms with Gasteiger partial charge in [0.2, 0.25) is 0 Å². The topological polar surface area (TPSA) is 59.3 Å². The quantitative estimate of drug-likeness (QED) is 0.635. The van der Waals surface area contributed by atoms with Crippen molar-refractivity contribution in [3.8, 4) is 17.6 Å². The van der Waals surface area contributed by atoms with Crippen molar-refractivity contribution in [1.82, 2.24) is 0 Å². The number of carbonyl (C=O) groups excluding carboxylic acids is 1. The lowest BCUT2D eigenvalue weighted by Crippen LogP contribution is -2.29. The van der Waals surface area contributed by atoms with Gasteiger partial charge in [-0.3, -0.25) is 0 Å². The zero-order valence-electron chi connectivity index (χ0n) is 13.7. The van der Waals surface area contributed by atoms with Crippen LogP contribution in [0.5, 0.6) is 11.5 Å². The van der Waals surface area contributed by atoms with E-state index in [1.807, 2.05) is 39.0 Å². The monoisotopic (exact) mass is 309 g/mol. The minimum absolute atomic E-state index is 0.453. The Morgan fingerprint density at radius 3 is 2.26 bits per heavy atom. The minimum atomic E-state index is -0.748. The highest BCUT2D eigenvalue weighted by atomic mass is 16.6. The number of carbonyl (C=O) groups is 1. The number of nitriles is 1. The standard InChI is InChI=1S/C19H19NO3/c1-12-5-6-13(2)18(14(12)3)23-19(21)15(4)22-17-9-7-16(11-20)8-10-17/h5-10,15H,1-4H3. The summed E-state index contributed by atoms with van der Waals surface area (Å²) in [5.74, 6) is 0.655. The molecule has 1 unspecified atom stereocenters. The largest absolute Gasteiger partial charge is 0.479 e. The number of hydrogen-bond acceptors (Lipinski definition) is 4. The molecule has 4 nitrogen and oxygen atoms in total. The molecule has 0 amide bonds. The summed E-state index contributed by atoms with van der Waals surface area (Å²) in [5.41, 5.74) is 3.47. The van der Waals surface area contributed by atoms with Gasteiger partial charge in [-0.1, -0.05) is 12.1 Å². The van der Waals surface area contributed by atoms with Gasteiger partial charge in [0.15, 0.2) is 6.10 Å². The van der Waals surface area contributed by atoms with E-state index < -0.39 is 12.1 Å². The van der Waals surface area contributed by atoms with Gasteiger partial charge in [0.25, 0.3) is 0 Å². The van der Waals surface area contributed by atoms with E-state index in [1.54, 1.807) is 31.2 Å². The van der Waals surface area contributed by atoms with Crippen LogP contribution in [0.4, 0.5) is 0 Å². The van der Waals surface area contributed by atoms with Gasteiger partial charge in [0.1, 0.15) is 11.5 Å². The van der Waals surface area contributed by atoms with Crippen LogP contribution in [0.3, 0.4) is 0 Å². The molecular formula is C19H19NO3. The van der Waals surface area contributed by atoms with Gasteiger partial charge < -0.3 is 9.47 Å². The number of hydrogen-bond donors (Lipinski definition) is 0. The molecule has 1 atom stereocenters. The minimum Gasteiger partial charge on any atom is -0.479 e. The molecule has 0 heterocycles. The Morgan fingerprint density at radius 1 is 1.04 bits per heavy atom. The van der Waals surface area contributed by atoms with E-state index in [0.29, 0.717) is 17.1 Å². The third-order valence-electron chi connectivity index (χ3n) is 3.70. The summed E-state index contributed by atoms with van der Waals surface area (Å²) in [6.45, 7) is 7.45. The van der Waals surface area contributed by atoms with Gasteiger partial charge in [-0.2, -0.15) is 5.26 Å². The van der Waals surface area contributed by atoms with Crippen LogP contribution in [0.2, 0.25) is 0 Å². The van der Waals surface area contributed by atoms with E-state index in [1.165, 1.54) is 0 Å². The Morgan fingerprint density at radius 2 is 1.65 bits per heavy atom. The molecule has 118 valence electrons. The fourth-order valence-corrected chi connectivity index (χ4v) is 2.13. The lowest BCUT2D eigenvalue weighted by molar-refractivity contribution is -0.141. The van der Waals surface area contributed by atoms with E-state index >= 15 is 0 Å². The van der Waals surface area contributed by atoms with Crippen LogP contribution in [-0.2, 0) is 4.79 Å². The highest BCUT2D eigenvalue weighted by molar-refractivity contribution is 5.78. The van der Waals surface area contributed by atoms with Crippen molar-refractivity contribution in [3.05, 3.63) is 58.7 Å². The molecule has 0 fully saturated rings. The first-order chi connectivity index (χ1) is 10.9. The first-order valence-electron chi connectivity index (χ1n) is 7.37. The molecule has 2 aromatic rings. The predicted molar refractivity (Wildman–Crippen MR) is 87.5 cm³/mol. The number of ether oxygens (including phenoxy) is 2. The van der Waals surface area contributed by atoms with E-state index in [4.69, 9.17) is 14.7 Å². The van der Waals surface area contributed by atoms with Gasteiger partial charge in [0, 0.05) is 0 Å².